The molecule has 12 heteroatoms. The highest BCUT2D eigenvalue weighted by Crippen LogP contribution is 2.40. The van der Waals surface area contributed by atoms with E-state index in [2.05, 4.69) is 42.0 Å². The molecule has 224 valence electrons. The average molecular weight is 638 g/mol. The second kappa shape index (κ2) is 13.6. The Morgan fingerprint density at radius 3 is 1.38 bits per heavy atom. The number of halogens is 4. The first-order valence-corrected chi connectivity index (χ1v) is 14.0. The van der Waals surface area contributed by atoms with Crippen LogP contribution in [0.2, 0.25) is 20.1 Å². The topological polar surface area (TPSA) is 123 Å². The number of anilines is 2. The first-order valence-electron chi connectivity index (χ1n) is 12.5. The number of benzene rings is 2. The molecule has 6 N–H and O–H groups in total. The lowest BCUT2D eigenvalue weighted by Gasteiger charge is -2.33. The number of amides is 4. The molecule has 0 aliphatic rings. The fourth-order valence-corrected chi connectivity index (χ4v) is 4.83. The van der Waals surface area contributed by atoms with E-state index >= 15 is 0 Å². The number of carbonyl (C=O) groups excluding carboxylic acids is 2. The lowest BCUT2D eigenvalue weighted by atomic mass is 9.82. The van der Waals surface area contributed by atoms with Crippen molar-refractivity contribution < 1.29 is 19.8 Å². The Balaban J connectivity index is 0.000000408. The van der Waals surface area contributed by atoms with Crippen molar-refractivity contribution in [1.29, 1.82) is 0 Å². The molecule has 0 spiro atoms. The molecule has 0 aliphatic heterocycles. The first kappa shape index (κ1) is 35.8. The maximum atomic E-state index is 12.2. The van der Waals surface area contributed by atoms with E-state index in [9.17, 15) is 19.8 Å². The lowest BCUT2D eigenvalue weighted by molar-refractivity contribution is 0.220. The van der Waals surface area contributed by atoms with E-state index < -0.39 is 17.6 Å². The van der Waals surface area contributed by atoms with Crippen LogP contribution in [0.5, 0.6) is 11.5 Å². The van der Waals surface area contributed by atoms with Crippen LogP contribution in [0.4, 0.5) is 21.0 Å². The molecule has 40 heavy (non-hydrogen) atoms. The van der Waals surface area contributed by atoms with Gasteiger partial charge in [-0.25, -0.2) is 9.59 Å². The Bertz CT molecular complexity index is 1250. The molecule has 0 heterocycles. The minimum Gasteiger partial charge on any atom is -0.504 e. The van der Waals surface area contributed by atoms with E-state index in [0.29, 0.717) is 21.2 Å². The summed E-state index contributed by atoms with van der Waals surface area (Å²) in [4.78, 5) is 23.8. The van der Waals surface area contributed by atoms with Gasteiger partial charge in [-0.05, 0) is 83.6 Å². The Morgan fingerprint density at radius 2 is 1.05 bits per heavy atom. The van der Waals surface area contributed by atoms with Crippen molar-refractivity contribution in [1.82, 2.24) is 10.6 Å². The van der Waals surface area contributed by atoms with E-state index in [1.807, 2.05) is 34.6 Å². The quantitative estimate of drug-likeness (QED) is 0.187. The van der Waals surface area contributed by atoms with Gasteiger partial charge in [0.15, 0.2) is 11.5 Å². The molecule has 0 saturated carbocycles. The summed E-state index contributed by atoms with van der Waals surface area (Å²) < 4.78 is 0. The molecule has 0 radical (unpaired) electrons. The Labute approximate surface area is 257 Å². The summed E-state index contributed by atoms with van der Waals surface area (Å²) >= 11 is 23.9. The van der Waals surface area contributed by atoms with Gasteiger partial charge in [-0.3, -0.25) is 0 Å². The van der Waals surface area contributed by atoms with Crippen LogP contribution in [0.3, 0.4) is 0 Å². The molecule has 2 rings (SSSR count). The summed E-state index contributed by atoms with van der Waals surface area (Å²) in [6.07, 6.45) is 0.800. The van der Waals surface area contributed by atoms with Crippen molar-refractivity contribution in [2.45, 2.75) is 86.7 Å². The van der Waals surface area contributed by atoms with Gasteiger partial charge in [0.1, 0.15) is 0 Å². The highest BCUT2D eigenvalue weighted by atomic mass is 35.5. The van der Waals surface area contributed by atoms with Crippen LogP contribution in [0.15, 0.2) is 12.1 Å². The van der Waals surface area contributed by atoms with E-state index in [0.717, 1.165) is 6.42 Å². The third-order valence-corrected chi connectivity index (χ3v) is 6.96. The van der Waals surface area contributed by atoms with Crippen molar-refractivity contribution in [2.24, 2.45) is 5.41 Å². The fraction of sp³-hybridized carbons (Fsp3) is 0.500. The minimum atomic E-state index is -0.436. The summed E-state index contributed by atoms with van der Waals surface area (Å²) in [6.45, 7) is 19.2. The van der Waals surface area contributed by atoms with Gasteiger partial charge in [-0.1, -0.05) is 67.2 Å². The van der Waals surface area contributed by atoms with Crippen LogP contribution < -0.4 is 21.3 Å². The van der Waals surface area contributed by atoms with Crippen molar-refractivity contribution >= 4 is 69.8 Å². The van der Waals surface area contributed by atoms with Crippen LogP contribution in [0.1, 0.15) is 72.9 Å². The van der Waals surface area contributed by atoms with Crippen LogP contribution >= 0.6 is 46.4 Å². The largest absolute Gasteiger partial charge is 0.504 e. The van der Waals surface area contributed by atoms with Crippen LogP contribution in [-0.4, -0.2) is 33.4 Å². The second-order valence-corrected chi connectivity index (χ2v) is 14.0. The Hall–Kier alpha value is -2.26. The maximum Gasteiger partial charge on any atom is 0.319 e. The molecule has 0 saturated heterocycles. The highest BCUT2D eigenvalue weighted by molar-refractivity contribution is 6.38. The summed E-state index contributed by atoms with van der Waals surface area (Å²) in [5, 5.41) is 31.5. The maximum absolute atomic E-state index is 12.2. The van der Waals surface area contributed by atoms with Crippen molar-refractivity contribution in [3.63, 3.8) is 0 Å². The summed E-state index contributed by atoms with van der Waals surface area (Å²) in [5.74, 6) is -0.380. The molecule has 0 aliphatic carbocycles. The molecule has 2 aromatic carbocycles. The second-order valence-electron chi connectivity index (χ2n) is 12.4. The third kappa shape index (κ3) is 11.3. The van der Waals surface area contributed by atoms with Crippen molar-refractivity contribution in [3.8, 4) is 11.5 Å². The zero-order chi connectivity index (χ0) is 31.4. The Morgan fingerprint density at radius 1 is 0.700 bits per heavy atom. The minimum absolute atomic E-state index is 0.0788. The number of carbonyl (C=O) groups is 2. The SMILES string of the molecule is Cc1c(Cl)cc(NC(=O)NC(C)(C)C)c(O)c1Cl.Cc1c(Cl)cc(NC(=O)NC(C)(C)CC(C)(C)C)c(O)c1Cl. The third-order valence-electron chi connectivity index (χ3n) is 5.25. The van der Waals surface area contributed by atoms with E-state index in [1.165, 1.54) is 12.1 Å². The number of urea groups is 2. The van der Waals surface area contributed by atoms with E-state index in [1.54, 1.807) is 13.8 Å². The molecular weight excluding hydrogens is 598 g/mol. The number of phenols is 2. The number of nitrogens with one attached hydrogen (secondary N) is 4. The molecule has 0 atom stereocenters. The molecule has 2 aromatic rings. The molecule has 8 nitrogen and oxygen atoms in total. The van der Waals surface area contributed by atoms with Crippen molar-refractivity contribution in [3.05, 3.63) is 43.4 Å². The number of rotatable bonds is 4. The van der Waals surface area contributed by atoms with Gasteiger partial charge >= 0.3 is 12.1 Å². The monoisotopic (exact) mass is 636 g/mol. The smallest absolute Gasteiger partial charge is 0.319 e. The normalized spacial score (nSPS) is 11.8. The van der Waals surface area contributed by atoms with Crippen molar-refractivity contribution in [2.75, 3.05) is 10.6 Å². The molecule has 0 unspecified atom stereocenters. The standard InChI is InChI=1S/C16H24Cl2N2O2.C12H16Cl2N2O2/c1-9-10(17)7-11(13(21)12(9)18)19-14(22)20-16(5,6)8-15(2,3)4;1-6-7(13)5-8(10(17)9(6)14)15-11(18)16-12(2,3)4/h7,21H,8H2,1-6H3,(H2,19,20,22);5,17H,1-4H3,(H2,15,16,18). The molecule has 0 fully saturated rings. The summed E-state index contributed by atoms with van der Waals surface area (Å²) in [7, 11) is 0. The van der Waals surface area contributed by atoms with Gasteiger partial charge in [0, 0.05) is 21.1 Å². The number of phenolic OH excluding ortho intramolecular Hbond substituents is 2. The van der Waals surface area contributed by atoms with Gasteiger partial charge in [-0.15, -0.1) is 0 Å². The van der Waals surface area contributed by atoms with Gasteiger partial charge in [0.05, 0.1) is 21.4 Å². The Kier molecular flexibility index (Phi) is 12.2. The lowest BCUT2D eigenvalue weighted by Crippen LogP contribution is -2.47. The van der Waals surface area contributed by atoms with Crippen LogP contribution in [0.25, 0.3) is 0 Å². The van der Waals surface area contributed by atoms with Gasteiger partial charge in [0.25, 0.3) is 0 Å². The van der Waals surface area contributed by atoms with Crippen LogP contribution in [-0.2, 0) is 0 Å². The molecule has 4 amide bonds. The number of aromatic hydroxyl groups is 2. The van der Waals surface area contributed by atoms with Gasteiger partial charge in [-0.2, -0.15) is 0 Å². The number of hydrogen-bond donors (Lipinski definition) is 6. The van der Waals surface area contributed by atoms with E-state index in [4.69, 9.17) is 46.4 Å². The molecule has 0 aromatic heterocycles. The van der Waals surface area contributed by atoms with Gasteiger partial charge < -0.3 is 31.5 Å². The average Bonchev–Trinajstić information content (AvgIpc) is 2.75. The number of hydrogen-bond acceptors (Lipinski definition) is 4. The fourth-order valence-electron chi connectivity index (χ4n) is 3.92. The van der Waals surface area contributed by atoms with Crippen LogP contribution in [0, 0.1) is 19.3 Å². The molecular formula is C28H40Cl4N4O4. The predicted molar refractivity (Wildman–Crippen MR) is 168 cm³/mol. The van der Waals surface area contributed by atoms with Gasteiger partial charge in [0.2, 0.25) is 0 Å². The zero-order valence-electron chi connectivity index (χ0n) is 24.6. The van der Waals surface area contributed by atoms with E-state index in [-0.39, 0.29) is 43.9 Å². The highest BCUT2D eigenvalue weighted by Gasteiger charge is 2.27. The zero-order valence-corrected chi connectivity index (χ0v) is 27.6. The first-order chi connectivity index (χ1) is 17.9. The summed E-state index contributed by atoms with van der Waals surface area (Å²) in [6, 6.07) is 2.09. The predicted octanol–water partition coefficient (Wildman–Crippen LogP) is 9.27. The molecule has 0 bridgehead atoms. The summed E-state index contributed by atoms with van der Waals surface area (Å²) in [5.41, 5.74) is 0.809.